The molecule has 0 spiro atoms. The lowest BCUT2D eigenvalue weighted by Crippen LogP contribution is -2.48. The minimum atomic E-state index is -1.06. The standard InChI is InChI=1S/C12H14N2O4/c1-18-10-4-8(2-3-9(10)12(16)17)14-11(15)7-5-13-6-7/h2-4,7,13H,5-6H2,1H3,(H,14,15)(H,16,17). The maximum absolute atomic E-state index is 11.7. The highest BCUT2D eigenvalue weighted by Crippen LogP contribution is 2.23. The Morgan fingerprint density at radius 3 is 2.67 bits per heavy atom. The molecule has 0 aromatic heterocycles. The normalized spacial score (nSPS) is 14.7. The Bertz CT molecular complexity index is 483. The van der Waals surface area contributed by atoms with Crippen LogP contribution in [-0.2, 0) is 4.79 Å². The fraction of sp³-hybridized carbons (Fsp3) is 0.333. The average Bonchev–Trinajstić information content (AvgIpc) is 2.25. The molecular weight excluding hydrogens is 236 g/mol. The summed E-state index contributed by atoms with van der Waals surface area (Å²) in [5.74, 6) is -0.922. The Kier molecular flexibility index (Phi) is 3.47. The smallest absolute Gasteiger partial charge is 0.339 e. The van der Waals surface area contributed by atoms with E-state index in [2.05, 4.69) is 10.6 Å². The van der Waals surface area contributed by atoms with Gasteiger partial charge in [-0.1, -0.05) is 0 Å². The predicted octanol–water partition coefficient (Wildman–Crippen LogP) is 0.551. The van der Waals surface area contributed by atoms with Crippen molar-refractivity contribution in [1.29, 1.82) is 0 Å². The molecule has 18 heavy (non-hydrogen) atoms. The monoisotopic (exact) mass is 250 g/mol. The van der Waals surface area contributed by atoms with E-state index in [-0.39, 0.29) is 23.1 Å². The molecule has 1 aliphatic rings. The van der Waals surface area contributed by atoms with Crippen LogP contribution in [0.15, 0.2) is 18.2 Å². The van der Waals surface area contributed by atoms with Crippen LogP contribution < -0.4 is 15.4 Å². The summed E-state index contributed by atoms with van der Waals surface area (Å²) in [4.78, 5) is 22.6. The number of benzene rings is 1. The topological polar surface area (TPSA) is 87.7 Å². The van der Waals surface area contributed by atoms with Gasteiger partial charge in [0.25, 0.3) is 0 Å². The molecule has 1 fully saturated rings. The molecule has 6 heteroatoms. The van der Waals surface area contributed by atoms with Crippen LogP contribution in [0.1, 0.15) is 10.4 Å². The van der Waals surface area contributed by atoms with E-state index in [9.17, 15) is 9.59 Å². The van der Waals surface area contributed by atoms with Gasteiger partial charge in [-0.05, 0) is 12.1 Å². The molecule has 0 aliphatic carbocycles. The van der Waals surface area contributed by atoms with Gasteiger partial charge in [0, 0.05) is 24.8 Å². The van der Waals surface area contributed by atoms with Crippen molar-refractivity contribution in [3.63, 3.8) is 0 Å². The van der Waals surface area contributed by atoms with Crippen molar-refractivity contribution in [2.75, 3.05) is 25.5 Å². The van der Waals surface area contributed by atoms with Crippen LogP contribution in [-0.4, -0.2) is 37.2 Å². The molecule has 0 saturated carbocycles. The number of carboxylic acid groups (broad SMARTS) is 1. The lowest BCUT2D eigenvalue weighted by atomic mass is 10.0. The van der Waals surface area contributed by atoms with Gasteiger partial charge >= 0.3 is 5.97 Å². The number of methoxy groups -OCH3 is 1. The van der Waals surface area contributed by atoms with E-state index in [1.54, 1.807) is 6.07 Å². The third kappa shape index (κ3) is 2.43. The van der Waals surface area contributed by atoms with Crippen molar-refractivity contribution >= 4 is 17.6 Å². The van der Waals surface area contributed by atoms with Gasteiger partial charge < -0.3 is 20.5 Å². The van der Waals surface area contributed by atoms with Gasteiger partial charge in [-0.25, -0.2) is 4.79 Å². The Labute approximate surface area is 104 Å². The predicted molar refractivity (Wildman–Crippen MR) is 64.9 cm³/mol. The minimum absolute atomic E-state index is 0.0184. The Morgan fingerprint density at radius 2 is 2.17 bits per heavy atom. The second-order valence-corrected chi connectivity index (χ2v) is 4.06. The molecule has 1 aliphatic heterocycles. The maximum atomic E-state index is 11.7. The first kappa shape index (κ1) is 12.4. The number of hydrogen-bond acceptors (Lipinski definition) is 4. The molecule has 0 radical (unpaired) electrons. The summed E-state index contributed by atoms with van der Waals surface area (Å²) in [6, 6.07) is 4.47. The highest BCUT2D eigenvalue weighted by atomic mass is 16.5. The molecule has 0 bridgehead atoms. The summed E-state index contributed by atoms with van der Waals surface area (Å²) in [6.07, 6.45) is 0. The molecular formula is C12H14N2O4. The van der Waals surface area contributed by atoms with Crippen molar-refractivity contribution in [2.24, 2.45) is 5.92 Å². The van der Waals surface area contributed by atoms with Crippen molar-refractivity contribution in [1.82, 2.24) is 5.32 Å². The summed E-state index contributed by atoms with van der Waals surface area (Å²) >= 11 is 0. The zero-order valence-electron chi connectivity index (χ0n) is 9.90. The van der Waals surface area contributed by atoms with Crippen LogP contribution in [0, 0.1) is 5.92 Å². The number of aromatic carboxylic acids is 1. The molecule has 1 aromatic rings. The first-order chi connectivity index (χ1) is 8.61. The number of ether oxygens (including phenoxy) is 1. The van der Waals surface area contributed by atoms with Crippen molar-refractivity contribution in [3.05, 3.63) is 23.8 Å². The van der Waals surface area contributed by atoms with E-state index in [0.717, 1.165) is 0 Å². The summed E-state index contributed by atoms with van der Waals surface area (Å²) in [6.45, 7) is 1.35. The second-order valence-electron chi connectivity index (χ2n) is 4.06. The third-order valence-corrected chi connectivity index (χ3v) is 2.85. The third-order valence-electron chi connectivity index (χ3n) is 2.85. The number of anilines is 1. The molecule has 1 heterocycles. The molecule has 1 aromatic carbocycles. The van der Waals surface area contributed by atoms with Crippen molar-refractivity contribution in [2.45, 2.75) is 0 Å². The number of carbonyl (C=O) groups excluding carboxylic acids is 1. The highest BCUT2D eigenvalue weighted by Gasteiger charge is 2.25. The summed E-state index contributed by atoms with van der Waals surface area (Å²) in [5, 5.41) is 14.7. The number of nitrogens with one attached hydrogen (secondary N) is 2. The van der Waals surface area contributed by atoms with E-state index in [1.165, 1.54) is 19.2 Å². The summed E-state index contributed by atoms with van der Waals surface area (Å²) in [7, 11) is 1.39. The van der Waals surface area contributed by atoms with Gasteiger partial charge in [-0.2, -0.15) is 0 Å². The lowest BCUT2D eigenvalue weighted by molar-refractivity contribution is -0.121. The number of hydrogen-bond donors (Lipinski definition) is 3. The van der Waals surface area contributed by atoms with Gasteiger partial charge in [-0.3, -0.25) is 4.79 Å². The van der Waals surface area contributed by atoms with E-state index < -0.39 is 5.97 Å². The Morgan fingerprint density at radius 1 is 1.44 bits per heavy atom. The molecule has 1 saturated heterocycles. The second kappa shape index (κ2) is 5.05. The summed E-state index contributed by atoms with van der Waals surface area (Å²) in [5.41, 5.74) is 0.606. The maximum Gasteiger partial charge on any atom is 0.339 e. The van der Waals surface area contributed by atoms with E-state index in [1.807, 2.05) is 0 Å². The largest absolute Gasteiger partial charge is 0.496 e. The number of amides is 1. The van der Waals surface area contributed by atoms with E-state index in [0.29, 0.717) is 18.8 Å². The minimum Gasteiger partial charge on any atom is -0.496 e. The van der Waals surface area contributed by atoms with Gasteiger partial charge in [0.05, 0.1) is 13.0 Å². The fourth-order valence-corrected chi connectivity index (χ4v) is 1.66. The van der Waals surface area contributed by atoms with Crippen molar-refractivity contribution in [3.8, 4) is 5.75 Å². The van der Waals surface area contributed by atoms with Crippen LogP contribution in [0.5, 0.6) is 5.75 Å². The lowest BCUT2D eigenvalue weighted by Gasteiger charge is -2.25. The molecule has 3 N–H and O–H groups in total. The van der Waals surface area contributed by atoms with Crippen LogP contribution in [0.25, 0.3) is 0 Å². The van der Waals surface area contributed by atoms with Crippen LogP contribution in [0.4, 0.5) is 5.69 Å². The quantitative estimate of drug-likeness (QED) is 0.726. The van der Waals surface area contributed by atoms with E-state index >= 15 is 0 Å². The van der Waals surface area contributed by atoms with E-state index in [4.69, 9.17) is 9.84 Å². The molecule has 2 rings (SSSR count). The van der Waals surface area contributed by atoms with Gasteiger partial charge in [0.2, 0.25) is 5.91 Å². The first-order valence-corrected chi connectivity index (χ1v) is 5.54. The SMILES string of the molecule is COc1cc(NC(=O)C2CNC2)ccc1C(=O)O. The molecule has 0 atom stereocenters. The fourth-order valence-electron chi connectivity index (χ4n) is 1.66. The van der Waals surface area contributed by atoms with Crippen LogP contribution in [0.2, 0.25) is 0 Å². The van der Waals surface area contributed by atoms with Gasteiger partial charge in [-0.15, -0.1) is 0 Å². The molecule has 1 amide bonds. The molecule has 6 nitrogen and oxygen atoms in total. The molecule has 96 valence electrons. The number of rotatable bonds is 4. The van der Waals surface area contributed by atoms with Gasteiger partial charge in [0.1, 0.15) is 11.3 Å². The van der Waals surface area contributed by atoms with Crippen molar-refractivity contribution < 1.29 is 19.4 Å². The summed E-state index contributed by atoms with van der Waals surface area (Å²) < 4.78 is 4.99. The Balaban J connectivity index is 2.14. The average molecular weight is 250 g/mol. The highest BCUT2D eigenvalue weighted by molar-refractivity contribution is 5.96. The Hall–Kier alpha value is -2.08. The number of carbonyl (C=O) groups is 2. The zero-order valence-corrected chi connectivity index (χ0v) is 9.90. The van der Waals surface area contributed by atoms with Crippen LogP contribution >= 0.6 is 0 Å². The van der Waals surface area contributed by atoms with Crippen LogP contribution in [0.3, 0.4) is 0 Å². The zero-order chi connectivity index (χ0) is 13.1. The first-order valence-electron chi connectivity index (χ1n) is 5.54. The van der Waals surface area contributed by atoms with Gasteiger partial charge in [0.15, 0.2) is 0 Å². The molecule has 0 unspecified atom stereocenters. The number of carboxylic acids is 1.